The number of aromatic amines is 2. The molecule has 0 unspecified atom stereocenters. The lowest BCUT2D eigenvalue weighted by atomic mass is 9.94. The Hall–Kier alpha value is -2.68. The number of rotatable bonds is 4. The molecule has 1 fully saturated rings. The highest BCUT2D eigenvalue weighted by molar-refractivity contribution is 7.90. The molecule has 0 atom stereocenters. The molecule has 2 aromatic heterocycles. The van der Waals surface area contributed by atoms with E-state index < -0.39 is 15.8 Å². The Labute approximate surface area is 172 Å². The quantitative estimate of drug-likeness (QED) is 0.641. The van der Waals surface area contributed by atoms with Crippen molar-refractivity contribution in [2.45, 2.75) is 49.5 Å². The number of sulfone groups is 1. The lowest BCUT2D eigenvalue weighted by Crippen LogP contribution is -2.30. The summed E-state index contributed by atoms with van der Waals surface area (Å²) in [5.74, 6) is -2.27. The number of alkyl halides is 2. The van der Waals surface area contributed by atoms with E-state index in [1.54, 1.807) is 18.5 Å². The van der Waals surface area contributed by atoms with Crippen molar-refractivity contribution in [1.29, 1.82) is 0 Å². The summed E-state index contributed by atoms with van der Waals surface area (Å²) in [4.78, 5) is 17.9. The molecule has 2 N–H and O–H groups in total. The first-order valence-electron chi connectivity index (χ1n) is 9.63. The van der Waals surface area contributed by atoms with E-state index >= 15 is 0 Å². The highest BCUT2D eigenvalue weighted by Crippen LogP contribution is 2.40. The van der Waals surface area contributed by atoms with E-state index in [-0.39, 0.29) is 42.2 Å². The van der Waals surface area contributed by atoms with Crippen LogP contribution in [0.25, 0.3) is 22.0 Å². The Morgan fingerprint density at radius 2 is 1.80 bits per heavy atom. The summed E-state index contributed by atoms with van der Waals surface area (Å²) < 4.78 is 57.3. The van der Waals surface area contributed by atoms with E-state index in [9.17, 15) is 22.0 Å². The normalized spacial score (nSPS) is 17.3. The van der Waals surface area contributed by atoms with Gasteiger partial charge in [0.25, 0.3) is 5.56 Å². The van der Waals surface area contributed by atoms with Gasteiger partial charge in [-0.3, -0.25) is 4.79 Å². The van der Waals surface area contributed by atoms with E-state index in [1.165, 1.54) is 12.1 Å². The number of pyridine rings is 1. The van der Waals surface area contributed by atoms with Crippen molar-refractivity contribution >= 4 is 20.7 Å². The van der Waals surface area contributed by atoms with Gasteiger partial charge in [0.05, 0.1) is 11.0 Å². The maximum atomic E-state index is 13.5. The van der Waals surface area contributed by atoms with Crippen LogP contribution in [0.2, 0.25) is 0 Å². The largest absolute Gasteiger partial charge is 0.490 e. The highest BCUT2D eigenvalue weighted by Gasteiger charge is 2.36. The van der Waals surface area contributed by atoms with Crippen LogP contribution >= 0.6 is 0 Å². The fraction of sp³-hybridized carbons (Fsp3) is 0.381. The number of halogens is 2. The first-order chi connectivity index (χ1) is 14.0. The van der Waals surface area contributed by atoms with Crippen LogP contribution in [0.3, 0.4) is 0 Å². The molecular formula is C21H22F2N2O4S. The number of nitrogens with one attached hydrogen (secondary N) is 2. The Kier molecular flexibility index (Phi) is 4.96. The van der Waals surface area contributed by atoms with E-state index in [4.69, 9.17) is 4.74 Å². The van der Waals surface area contributed by atoms with Crippen LogP contribution in [-0.2, 0) is 9.84 Å². The van der Waals surface area contributed by atoms with Crippen LogP contribution in [0.15, 0.2) is 40.3 Å². The SMILES string of the molecule is Cc1c[nH]c(=O)c2[nH]cc(-c3cc(S(C)(=O)=O)ccc3OC3CCC(F)(F)CC3)c12. The van der Waals surface area contributed by atoms with E-state index in [1.807, 2.05) is 6.92 Å². The smallest absolute Gasteiger partial charge is 0.272 e. The number of benzene rings is 1. The number of hydrogen-bond acceptors (Lipinski definition) is 4. The van der Waals surface area contributed by atoms with Gasteiger partial charge in [-0.25, -0.2) is 17.2 Å². The first kappa shape index (κ1) is 20.6. The molecule has 0 amide bonds. The molecule has 30 heavy (non-hydrogen) atoms. The third kappa shape index (κ3) is 3.86. The van der Waals surface area contributed by atoms with Crippen LogP contribution in [0.4, 0.5) is 8.78 Å². The summed E-state index contributed by atoms with van der Waals surface area (Å²) >= 11 is 0. The average molecular weight is 436 g/mol. The molecule has 1 saturated carbocycles. The lowest BCUT2D eigenvalue weighted by Gasteiger charge is -2.29. The monoisotopic (exact) mass is 436 g/mol. The van der Waals surface area contributed by atoms with Gasteiger partial charge in [0.1, 0.15) is 11.3 Å². The topological polar surface area (TPSA) is 92.0 Å². The zero-order chi connectivity index (χ0) is 21.7. The molecule has 9 heteroatoms. The minimum absolute atomic E-state index is 0.108. The fourth-order valence-corrected chi connectivity index (χ4v) is 4.55. The molecule has 2 heterocycles. The summed E-state index contributed by atoms with van der Waals surface area (Å²) in [5.41, 5.74) is 2.00. The van der Waals surface area contributed by atoms with Crippen LogP contribution in [0, 0.1) is 6.92 Å². The van der Waals surface area contributed by atoms with Gasteiger partial charge in [0, 0.05) is 48.0 Å². The number of ether oxygens (including phenoxy) is 1. The van der Waals surface area contributed by atoms with Crippen molar-refractivity contribution in [3.8, 4) is 16.9 Å². The van der Waals surface area contributed by atoms with Crippen LogP contribution in [0.5, 0.6) is 5.75 Å². The van der Waals surface area contributed by atoms with Crippen molar-refractivity contribution in [1.82, 2.24) is 9.97 Å². The molecule has 1 aliphatic rings. The molecule has 3 aromatic rings. The summed E-state index contributed by atoms with van der Waals surface area (Å²) in [6.45, 7) is 1.83. The first-order valence-corrected chi connectivity index (χ1v) is 11.5. The predicted octanol–water partition coefficient (Wildman–Crippen LogP) is 4.19. The van der Waals surface area contributed by atoms with Crippen LogP contribution in [-0.4, -0.2) is 36.7 Å². The van der Waals surface area contributed by atoms with Crippen molar-refractivity contribution in [3.05, 3.63) is 46.5 Å². The van der Waals surface area contributed by atoms with Gasteiger partial charge in [0.15, 0.2) is 9.84 Å². The summed E-state index contributed by atoms with van der Waals surface area (Å²) in [5, 5.41) is 0.657. The number of aromatic nitrogens is 2. The number of fused-ring (bicyclic) bond motifs is 1. The van der Waals surface area contributed by atoms with Crippen molar-refractivity contribution in [2.24, 2.45) is 0 Å². The second kappa shape index (κ2) is 7.23. The van der Waals surface area contributed by atoms with Crippen LogP contribution in [0.1, 0.15) is 31.2 Å². The summed E-state index contributed by atoms with van der Waals surface area (Å²) in [7, 11) is -3.49. The van der Waals surface area contributed by atoms with Gasteiger partial charge in [-0.1, -0.05) is 0 Å². The van der Waals surface area contributed by atoms with Gasteiger partial charge in [-0.2, -0.15) is 0 Å². The molecule has 0 bridgehead atoms. The third-order valence-corrected chi connectivity index (χ3v) is 6.66. The molecule has 0 spiro atoms. The molecule has 4 rings (SSSR count). The fourth-order valence-electron chi connectivity index (χ4n) is 3.91. The van der Waals surface area contributed by atoms with Crippen molar-refractivity contribution < 1.29 is 21.9 Å². The van der Waals surface area contributed by atoms with Gasteiger partial charge in [-0.15, -0.1) is 0 Å². The second-order valence-electron chi connectivity index (χ2n) is 7.86. The number of H-pyrrole nitrogens is 2. The van der Waals surface area contributed by atoms with E-state index in [2.05, 4.69) is 9.97 Å². The average Bonchev–Trinajstić information content (AvgIpc) is 3.12. The highest BCUT2D eigenvalue weighted by atomic mass is 32.2. The molecule has 1 aromatic carbocycles. The molecular weight excluding hydrogens is 414 g/mol. The number of aryl methyl sites for hydroxylation is 1. The van der Waals surface area contributed by atoms with Crippen molar-refractivity contribution in [3.63, 3.8) is 0 Å². The van der Waals surface area contributed by atoms with Gasteiger partial charge in [-0.05, 0) is 43.5 Å². The zero-order valence-electron chi connectivity index (χ0n) is 16.6. The van der Waals surface area contributed by atoms with E-state index in [0.717, 1.165) is 11.8 Å². The van der Waals surface area contributed by atoms with Gasteiger partial charge < -0.3 is 14.7 Å². The Bertz CT molecular complexity index is 1270. The van der Waals surface area contributed by atoms with Gasteiger partial charge >= 0.3 is 0 Å². The molecule has 0 aliphatic heterocycles. The van der Waals surface area contributed by atoms with Crippen LogP contribution < -0.4 is 10.3 Å². The minimum Gasteiger partial charge on any atom is -0.490 e. The Morgan fingerprint density at radius 1 is 1.10 bits per heavy atom. The van der Waals surface area contributed by atoms with Crippen molar-refractivity contribution in [2.75, 3.05) is 6.26 Å². The standard InChI is InChI=1S/C21H22F2N2O4S/c1-12-10-25-20(26)19-18(12)16(11-24-19)15-9-14(30(2,27)28)3-4-17(15)29-13-5-7-21(22,23)8-6-13/h3-4,9-11,13,24H,5-8H2,1-2H3,(H,25,26). The predicted molar refractivity (Wildman–Crippen MR) is 110 cm³/mol. The third-order valence-electron chi connectivity index (χ3n) is 5.55. The molecule has 0 radical (unpaired) electrons. The maximum absolute atomic E-state index is 13.5. The molecule has 6 nitrogen and oxygen atoms in total. The lowest BCUT2D eigenvalue weighted by molar-refractivity contribution is -0.0581. The maximum Gasteiger partial charge on any atom is 0.272 e. The number of hydrogen-bond donors (Lipinski definition) is 2. The molecule has 1 aliphatic carbocycles. The zero-order valence-corrected chi connectivity index (χ0v) is 17.4. The minimum atomic E-state index is -3.49. The molecule has 0 saturated heterocycles. The van der Waals surface area contributed by atoms with Gasteiger partial charge in [0.2, 0.25) is 5.92 Å². The molecule has 160 valence electrons. The summed E-state index contributed by atoms with van der Waals surface area (Å²) in [6, 6.07) is 4.51. The second-order valence-corrected chi connectivity index (χ2v) is 9.87. The van der Waals surface area contributed by atoms with E-state index in [0.29, 0.717) is 27.8 Å². The summed E-state index contributed by atoms with van der Waals surface area (Å²) in [6.07, 6.45) is 3.90. The Morgan fingerprint density at radius 3 is 2.47 bits per heavy atom. The Balaban J connectivity index is 1.83.